The van der Waals surface area contributed by atoms with Crippen LogP contribution in [0.5, 0.6) is 0 Å². The number of nitrogens with one attached hydrogen (secondary N) is 4. The maximum atomic E-state index is 16.3. The molecule has 1 saturated carbocycles. The highest BCUT2D eigenvalue weighted by Crippen LogP contribution is 2.36. The molecule has 4 heterocycles. The number of hydrogen-bond acceptors (Lipinski definition) is 7. The second-order valence-corrected chi connectivity index (χ2v) is 12.0. The first-order chi connectivity index (χ1) is 22.3. The molecule has 1 aliphatic rings. The van der Waals surface area contributed by atoms with E-state index in [4.69, 9.17) is 4.98 Å². The van der Waals surface area contributed by atoms with Gasteiger partial charge in [0.05, 0.1) is 40.0 Å². The number of nitrogens with zero attached hydrogens (tertiary/aromatic N) is 5. The monoisotopic (exact) mass is 621 g/mol. The van der Waals surface area contributed by atoms with E-state index < -0.39 is 5.82 Å². The van der Waals surface area contributed by atoms with Gasteiger partial charge in [-0.25, -0.2) is 13.8 Å². The van der Waals surface area contributed by atoms with Crippen LogP contribution in [0.4, 0.5) is 20.2 Å². The van der Waals surface area contributed by atoms with Gasteiger partial charge in [0.25, 0.3) is 0 Å². The Bertz CT molecular complexity index is 2060. The number of pyridine rings is 2. The molecule has 234 valence electrons. The minimum atomic E-state index is -0.596. The molecular formula is C34H33F2N9O. The predicted molar refractivity (Wildman–Crippen MR) is 175 cm³/mol. The van der Waals surface area contributed by atoms with E-state index in [1.54, 1.807) is 12.3 Å². The molecule has 0 aliphatic heterocycles. The van der Waals surface area contributed by atoms with Crippen LogP contribution in [-0.2, 0) is 4.79 Å². The first kappa shape index (κ1) is 29.5. The zero-order valence-electron chi connectivity index (χ0n) is 25.5. The number of aromatic nitrogens is 6. The van der Waals surface area contributed by atoms with Gasteiger partial charge in [0.1, 0.15) is 17.2 Å². The van der Waals surface area contributed by atoms with Crippen LogP contribution in [0.3, 0.4) is 0 Å². The molecule has 1 amide bonds. The number of para-hydroxylation sites is 1. The Labute approximate surface area is 263 Å². The zero-order valence-corrected chi connectivity index (χ0v) is 25.5. The molecule has 2 aromatic carbocycles. The van der Waals surface area contributed by atoms with E-state index in [1.165, 1.54) is 24.5 Å². The first-order valence-electron chi connectivity index (χ1n) is 15.3. The van der Waals surface area contributed by atoms with Gasteiger partial charge in [-0.05, 0) is 62.8 Å². The number of benzene rings is 2. The van der Waals surface area contributed by atoms with Crippen molar-refractivity contribution in [1.29, 1.82) is 0 Å². The number of anilines is 2. The van der Waals surface area contributed by atoms with Crippen LogP contribution >= 0.6 is 0 Å². The Balaban J connectivity index is 1.23. The lowest BCUT2D eigenvalue weighted by Crippen LogP contribution is -2.20. The van der Waals surface area contributed by atoms with Crippen molar-refractivity contribution in [2.45, 2.75) is 25.7 Å². The van der Waals surface area contributed by atoms with Gasteiger partial charge in [-0.1, -0.05) is 25.0 Å². The van der Waals surface area contributed by atoms with Gasteiger partial charge in [0, 0.05) is 42.0 Å². The molecule has 6 aromatic rings. The zero-order chi connectivity index (χ0) is 31.8. The van der Waals surface area contributed by atoms with E-state index in [-0.39, 0.29) is 34.4 Å². The van der Waals surface area contributed by atoms with E-state index in [0.29, 0.717) is 51.4 Å². The topological polar surface area (TPSA) is 128 Å². The van der Waals surface area contributed by atoms with Crippen molar-refractivity contribution in [2.75, 3.05) is 37.8 Å². The van der Waals surface area contributed by atoms with Crippen molar-refractivity contribution in [3.63, 3.8) is 0 Å². The van der Waals surface area contributed by atoms with Gasteiger partial charge < -0.3 is 20.5 Å². The Morgan fingerprint density at radius 1 is 0.978 bits per heavy atom. The maximum absolute atomic E-state index is 16.3. The summed E-state index contributed by atoms with van der Waals surface area (Å²) in [6.07, 6.45) is 8.41. The molecule has 4 N–H and O–H groups in total. The molecule has 46 heavy (non-hydrogen) atoms. The summed E-state index contributed by atoms with van der Waals surface area (Å²) in [4.78, 5) is 31.4. The second kappa shape index (κ2) is 12.3. The van der Waals surface area contributed by atoms with Crippen molar-refractivity contribution in [1.82, 2.24) is 35.0 Å². The highest BCUT2D eigenvalue weighted by atomic mass is 19.1. The third-order valence-corrected chi connectivity index (χ3v) is 8.38. The van der Waals surface area contributed by atoms with E-state index in [0.717, 1.165) is 37.8 Å². The lowest BCUT2D eigenvalue weighted by molar-refractivity contribution is -0.119. The Morgan fingerprint density at radius 2 is 1.80 bits per heavy atom. The number of halogens is 2. The normalized spacial score (nSPS) is 13.7. The minimum Gasteiger partial charge on any atom is -0.384 e. The average Bonchev–Trinajstić information content (AvgIpc) is 3.81. The number of H-pyrrole nitrogens is 2. The summed E-state index contributed by atoms with van der Waals surface area (Å²) in [5.41, 5.74) is 5.00. The van der Waals surface area contributed by atoms with Crippen LogP contribution in [-0.4, -0.2) is 68.1 Å². The summed E-state index contributed by atoms with van der Waals surface area (Å²) in [6, 6.07) is 12.1. The van der Waals surface area contributed by atoms with Gasteiger partial charge in [0.15, 0.2) is 11.6 Å². The van der Waals surface area contributed by atoms with Crippen molar-refractivity contribution in [2.24, 2.45) is 5.92 Å². The van der Waals surface area contributed by atoms with E-state index >= 15 is 4.39 Å². The van der Waals surface area contributed by atoms with Gasteiger partial charge in [-0.3, -0.25) is 19.9 Å². The molecule has 0 spiro atoms. The fourth-order valence-electron chi connectivity index (χ4n) is 6.07. The van der Waals surface area contributed by atoms with Crippen LogP contribution in [0.15, 0.2) is 61.1 Å². The molecule has 10 nitrogen and oxygen atoms in total. The number of likely N-dealkylation sites (N-methyl/N-ethyl adjacent to an activating group) is 1. The summed E-state index contributed by atoms with van der Waals surface area (Å²) in [5, 5.41) is 13.7. The van der Waals surface area contributed by atoms with Crippen molar-refractivity contribution < 1.29 is 13.6 Å². The number of fused-ring (bicyclic) bond motifs is 2. The number of imidazole rings is 1. The van der Waals surface area contributed by atoms with Crippen LogP contribution in [0.25, 0.3) is 55.8 Å². The summed E-state index contributed by atoms with van der Waals surface area (Å²) >= 11 is 0. The van der Waals surface area contributed by atoms with Crippen molar-refractivity contribution in [3.8, 4) is 33.9 Å². The number of hydrogen-bond donors (Lipinski definition) is 4. The average molecular weight is 622 g/mol. The van der Waals surface area contributed by atoms with Crippen molar-refractivity contribution in [3.05, 3.63) is 72.7 Å². The molecule has 4 aromatic heterocycles. The van der Waals surface area contributed by atoms with Crippen molar-refractivity contribution >= 4 is 39.2 Å². The third-order valence-electron chi connectivity index (χ3n) is 8.38. The molecule has 1 fully saturated rings. The molecule has 0 atom stereocenters. The summed E-state index contributed by atoms with van der Waals surface area (Å²) in [6.45, 7) is 1.46. The van der Waals surface area contributed by atoms with E-state index in [9.17, 15) is 9.18 Å². The molecule has 0 bridgehead atoms. The molecule has 0 saturated heterocycles. The molecule has 0 radical (unpaired) electrons. The maximum Gasteiger partial charge on any atom is 0.227 e. The molecule has 1 aliphatic carbocycles. The molecule has 7 rings (SSSR count). The number of carbonyl (C=O) groups is 1. The number of carbonyl (C=O) groups excluding carboxylic acids is 1. The number of rotatable bonds is 9. The molecule has 0 unspecified atom stereocenters. The highest BCUT2D eigenvalue weighted by Gasteiger charge is 2.24. The lowest BCUT2D eigenvalue weighted by Gasteiger charge is -2.13. The van der Waals surface area contributed by atoms with Crippen LogP contribution in [0.1, 0.15) is 25.7 Å². The smallest absolute Gasteiger partial charge is 0.227 e. The van der Waals surface area contributed by atoms with Crippen LogP contribution in [0, 0.1) is 17.6 Å². The SMILES string of the molecule is CN(C)CCNc1cc(F)cc(-c2cccc3[nH]c(-c4n[nH]c5cnc(-c6cncc(NC(=O)C7CCCC7)c6)c(F)c45)nc23)c1. The van der Waals surface area contributed by atoms with Gasteiger partial charge in [-0.2, -0.15) is 5.10 Å². The summed E-state index contributed by atoms with van der Waals surface area (Å²) in [5.74, 6) is -0.672. The van der Waals surface area contributed by atoms with Gasteiger partial charge in [-0.15, -0.1) is 0 Å². The number of aromatic amines is 2. The van der Waals surface area contributed by atoms with Gasteiger partial charge in [0.2, 0.25) is 5.91 Å². The predicted octanol–water partition coefficient (Wildman–Crippen LogP) is 6.61. The third kappa shape index (κ3) is 5.79. The van der Waals surface area contributed by atoms with E-state index in [2.05, 4.69) is 35.8 Å². The quantitative estimate of drug-likeness (QED) is 0.143. The Kier molecular flexibility index (Phi) is 7.87. The molecule has 12 heteroatoms. The van der Waals surface area contributed by atoms with E-state index in [1.807, 2.05) is 43.3 Å². The lowest BCUT2D eigenvalue weighted by atomic mass is 10.0. The summed E-state index contributed by atoms with van der Waals surface area (Å²) in [7, 11) is 3.96. The number of amides is 1. The fraction of sp³-hybridized carbons (Fsp3) is 0.265. The highest BCUT2D eigenvalue weighted by molar-refractivity contribution is 5.99. The van der Waals surface area contributed by atoms with Crippen LogP contribution < -0.4 is 10.6 Å². The Morgan fingerprint density at radius 3 is 2.63 bits per heavy atom. The standard InChI is InChI=1S/C34H33F2N9O/c1-45(2)11-10-38-23-13-20(12-22(35)15-23)25-8-5-9-26-31(25)42-33(41-26)32-28-27(43-44-32)18-39-30(29(28)36)21-14-24(17-37-16-21)40-34(46)19-6-3-4-7-19/h5,8-9,12-19,38H,3-4,6-7,10-11H2,1-2H3,(H,40,46)(H,41,42)(H,43,44). The molecular weight excluding hydrogens is 588 g/mol. The second-order valence-electron chi connectivity index (χ2n) is 12.0. The first-order valence-corrected chi connectivity index (χ1v) is 15.3. The minimum absolute atomic E-state index is 0.0135. The fourth-order valence-corrected chi connectivity index (χ4v) is 6.07. The van der Waals surface area contributed by atoms with Crippen LogP contribution in [0.2, 0.25) is 0 Å². The van der Waals surface area contributed by atoms with Gasteiger partial charge >= 0.3 is 0 Å². The largest absolute Gasteiger partial charge is 0.384 e. The Hall–Kier alpha value is -5.23. The summed E-state index contributed by atoms with van der Waals surface area (Å²) < 4.78 is 31.0.